The van der Waals surface area contributed by atoms with Gasteiger partial charge in [-0.15, -0.1) is 0 Å². The lowest BCUT2D eigenvalue weighted by Gasteiger charge is -2.09. The fourth-order valence-electron chi connectivity index (χ4n) is 1.44. The van der Waals surface area contributed by atoms with Crippen molar-refractivity contribution in [3.05, 3.63) is 29.8 Å². The van der Waals surface area contributed by atoms with E-state index in [1.165, 1.54) is 24.3 Å². The van der Waals surface area contributed by atoms with Gasteiger partial charge in [0.25, 0.3) is 5.91 Å². The smallest absolute Gasteiger partial charge is 0.423 e. The van der Waals surface area contributed by atoms with E-state index in [9.17, 15) is 4.79 Å². The van der Waals surface area contributed by atoms with Gasteiger partial charge >= 0.3 is 15.9 Å². The summed E-state index contributed by atoms with van der Waals surface area (Å²) >= 11 is 0. The van der Waals surface area contributed by atoms with Crippen LogP contribution in [-0.2, 0) is 0 Å². The number of hydrogen-bond acceptors (Lipinski definition) is 6. The monoisotopic (exact) mass is 285 g/mol. The highest BCUT2D eigenvalue weighted by Crippen LogP contribution is 2.01. The molecule has 0 heterocycles. The minimum absolute atomic E-state index is 0.136. The summed E-state index contributed by atoms with van der Waals surface area (Å²) < 4.78 is 0. The van der Waals surface area contributed by atoms with Gasteiger partial charge in [0.1, 0.15) is 0 Å². The first-order chi connectivity index (χ1) is 8.79. The number of benzene rings is 1. The zero-order chi connectivity index (χ0) is 14.5. The molecule has 1 rings (SSSR count). The number of carbonyl (C=O) groups excluding carboxylic acids is 1. The first-order valence-electron chi connectivity index (χ1n) is 5.71. The third-order valence-corrected chi connectivity index (χ3v) is 3.47. The Balaban J connectivity index is 2.41. The molecule has 0 radical (unpaired) electrons. The average molecular weight is 285 g/mol. The standard InChI is InChI=1S/C10H16BNO6Si/c13-10(12-6-1-7-19(16,17)18)8-2-4-9(5-3-8)11(14)15/h2-5,14-18H,1,6-7H2,(H,12,13). The Kier molecular flexibility index (Phi) is 5.66. The van der Waals surface area contributed by atoms with Gasteiger partial charge in [-0.05, 0) is 24.0 Å². The highest BCUT2D eigenvalue weighted by atomic mass is 28.4. The Labute approximate surface area is 111 Å². The number of amides is 1. The predicted octanol–water partition coefficient (Wildman–Crippen LogP) is -2.60. The maximum absolute atomic E-state index is 11.6. The second-order valence-corrected chi connectivity index (χ2v) is 6.18. The lowest BCUT2D eigenvalue weighted by atomic mass is 9.80. The molecular formula is C10H16BNO6Si. The second kappa shape index (κ2) is 6.80. The SMILES string of the molecule is O=C(NCCC[Si](O)(O)O)c1ccc(B(O)O)cc1. The highest BCUT2D eigenvalue weighted by Gasteiger charge is 2.25. The Bertz CT molecular complexity index is 419. The van der Waals surface area contributed by atoms with E-state index in [-0.39, 0.29) is 30.4 Å². The molecule has 0 spiro atoms. The maximum atomic E-state index is 11.6. The molecule has 0 saturated carbocycles. The topological polar surface area (TPSA) is 130 Å². The van der Waals surface area contributed by atoms with Gasteiger partial charge in [-0.1, -0.05) is 12.1 Å². The zero-order valence-electron chi connectivity index (χ0n) is 10.2. The van der Waals surface area contributed by atoms with E-state index in [1.54, 1.807) is 0 Å². The molecule has 0 fully saturated rings. The van der Waals surface area contributed by atoms with Gasteiger partial charge in [0, 0.05) is 18.2 Å². The number of hydrogen-bond donors (Lipinski definition) is 6. The molecule has 1 aromatic carbocycles. The van der Waals surface area contributed by atoms with E-state index < -0.39 is 15.9 Å². The number of carbonyl (C=O) groups is 1. The van der Waals surface area contributed by atoms with Crippen LogP contribution in [0.1, 0.15) is 16.8 Å². The van der Waals surface area contributed by atoms with Gasteiger partial charge in [0.05, 0.1) is 0 Å². The molecule has 19 heavy (non-hydrogen) atoms. The molecule has 0 aliphatic carbocycles. The third kappa shape index (κ3) is 5.96. The minimum atomic E-state index is -4.04. The number of rotatable bonds is 6. The van der Waals surface area contributed by atoms with Gasteiger partial charge in [0.2, 0.25) is 0 Å². The van der Waals surface area contributed by atoms with Crippen molar-refractivity contribution in [2.24, 2.45) is 0 Å². The van der Waals surface area contributed by atoms with Crippen molar-refractivity contribution in [1.29, 1.82) is 0 Å². The summed E-state index contributed by atoms with van der Waals surface area (Å²) in [6.07, 6.45) is 0.259. The van der Waals surface area contributed by atoms with E-state index >= 15 is 0 Å². The van der Waals surface area contributed by atoms with Crippen LogP contribution in [0.15, 0.2) is 24.3 Å². The normalized spacial score (nSPS) is 11.2. The van der Waals surface area contributed by atoms with Crippen LogP contribution in [0.5, 0.6) is 0 Å². The van der Waals surface area contributed by atoms with Crippen molar-refractivity contribution >= 4 is 27.3 Å². The maximum Gasteiger partial charge on any atom is 0.492 e. The summed E-state index contributed by atoms with van der Waals surface area (Å²) in [7, 11) is -5.61. The van der Waals surface area contributed by atoms with Crippen molar-refractivity contribution < 1.29 is 29.2 Å². The third-order valence-electron chi connectivity index (χ3n) is 2.45. The zero-order valence-corrected chi connectivity index (χ0v) is 11.2. The summed E-state index contributed by atoms with van der Waals surface area (Å²) in [5.41, 5.74) is 0.637. The van der Waals surface area contributed by atoms with Crippen LogP contribution in [0.3, 0.4) is 0 Å². The van der Waals surface area contributed by atoms with Gasteiger partial charge in [-0.2, -0.15) is 0 Å². The average Bonchev–Trinajstić information content (AvgIpc) is 2.33. The molecule has 6 N–H and O–H groups in total. The van der Waals surface area contributed by atoms with E-state index in [4.69, 9.17) is 24.4 Å². The largest absolute Gasteiger partial charge is 0.492 e. The molecule has 9 heteroatoms. The van der Waals surface area contributed by atoms with Crippen LogP contribution in [-0.4, -0.2) is 52.8 Å². The molecular weight excluding hydrogens is 269 g/mol. The lowest BCUT2D eigenvalue weighted by Crippen LogP contribution is -2.35. The first kappa shape index (κ1) is 15.8. The summed E-state index contributed by atoms with van der Waals surface area (Å²) in [4.78, 5) is 38.0. The molecule has 0 unspecified atom stereocenters. The van der Waals surface area contributed by atoms with Crippen LogP contribution in [0.25, 0.3) is 0 Å². The quantitative estimate of drug-likeness (QED) is 0.251. The van der Waals surface area contributed by atoms with Crippen LogP contribution < -0.4 is 10.8 Å². The van der Waals surface area contributed by atoms with Gasteiger partial charge in [0.15, 0.2) is 0 Å². The van der Waals surface area contributed by atoms with Crippen molar-refractivity contribution in [3.8, 4) is 0 Å². The van der Waals surface area contributed by atoms with E-state index in [0.29, 0.717) is 5.56 Å². The van der Waals surface area contributed by atoms with E-state index in [0.717, 1.165) is 0 Å². The molecule has 0 aliphatic heterocycles. The Hall–Kier alpha value is -1.23. The molecule has 0 bridgehead atoms. The molecule has 104 valence electrons. The van der Waals surface area contributed by atoms with Crippen LogP contribution in [0.4, 0.5) is 0 Å². The van der Waals surface area contributed by atoms with Gasteiger partial charge in [-0.3, -0.25) is 4.79 Å². The number of nitrogens with one attached hydrogen (secondary N) is 1. The second-order valence-electron chi connectivity index (χ2n) is 4.13. The molecule has 0 saturated heterocycles. The summed E-state index contributed by atoms with van der Waals surface area (Å²) in [6.45, 7) is 0.208. The van der Waals surface area contributed by atoms with E-state index in [2.05, 4.69) is 5.32 Å². The van der Waals surface area contributed by atoms with Gasteiger partial charge < -0.3 is 29.8 Å². The Morgan fingerprint density at radius 1 is 1.16 bits per heavy atom. The lowest BCUT2D eigenvalue weighted by molar-refractivity contribution is 0.0952. The van der Waals surface area contributed by atoms with Gasteiger partial charge in [-0.25, -0.2) is 0 Å². The molecule has 0 atom stereocenters. The summed E-state index contributed by atoms with van der Waals surface area (Å²) in [6, 6.07) is 5.61. The van der Waals surface area contributed by atoms with Crippen LogP contribution in [0.2, 0.25) is 6.04 Å². The summed E-state index contributed by atoms with van der Waals surface area (Å²) in [5, 5.41) is 20.3. The molecule has 0 aromatic heterocycles. The van der Waals surface area contributed by atoms with Crippen LogP contribution in [0, 0.1) is 0 Å². The molecule has 0 aliphatic rings. The fourth-order valence-corrected chi connectivity index (χ4v) is 2.09. The molecule has 7 nitrogen and oxygen atoms in total. The molecule has 1 amide bonds. The van der Waals surface area contributed by atoms with Crippen molar-refractivity contribution in [3.63, 3.8) is 0 Å². The summed E-state index contributed by atoms with van der Waals surface area (Å²) in [5.74, 6) is -0.361. The highest BCUT2D eigenvalue weighted by molar-refractivity contribution is 6.58. The van der Waals surface area contributed by atoms with E-state index in [1.807, 2.05) is 0 Å². The Morgan fingerprint density at radius 2 is 1.74 bits per heavy atom. The van der Waals surface area contributed by atoms with Crippen molar-refractivity contribution in [2.75, 3.05) is 6.54 Å². The van der Waals surface area contributed by atoms with Crippen molar-refractivity contribution in [2.45, 2.75) is 12.5 Å². The Morgan fingerprint density at radius 3 is 2.21 bits per heavy atom. The molecule has 1 aromatic rings. The van der Waals surface area contributed by atoms with Crippen LogP contribution >= 0.6 is 0 Å². The minimum Gasteiger partial charge on any atom is -0.423 e. The van der Waals surface area contributed by atoms with Crippen molar-refractivity contribution in [1.82, 2.24) is 5.32 Å². The fraction of sp³-hybridized carbons (Fsp3) is 0.300. The predicted molar refractivity (Wildman–Crippen MR) is 70.4 cm³/mol. The first-order valence-corrected chi connectivity index (χ1v) is 7.76.